The lowest BCUT2D eigenvalue weighted by Crippen LogP contribution is -2.47. The highest BCUT2D eigenvalue weighted by molar-refractivity contribution is 6.77. The lowest BCUT2D eigenvalue weighted by molar-refractivity contribution is -0.133. The predicted molar refractivity (Wildman–Crippen MR) is 153 cm³/mol. The van der Waals surface area contributed by atoms with E-state index >= 15 is 0 Å². The minimum atomic E-state index is -2.07. The van der Waals surface area contributed by atoms with Gasteiger partial charge in [0.2, 0.25) is 0 Å². The Morgan fingerprint density at radius 2 is 1.72 bits per heavy atom. The second-order valence-electron chi connectivity index (χ2n) is 10.6. The molecular formula is C30H42N2O3Si. The van der Waals surface area contributed by atoms with Crippen LogP contribution >= 0.6 is 0 Å². The van der Waals surface area contributed by atoms with E-state index < -0.39 is 14.3 Å². The third-order valence-corrected chi connectivity index (χ3v) is 13.5. The molecule has 1 aliphatic heterocycles. The van der Waals surface area contributed by atoms with Crippen molar-refractivity contribution < 1.29 is 14.0 Å². The van der Waals surface area contributed by atoms with Crippen LogP contribution < -0.4 is 0 Å². The van der Waals surface area contributed by atoms with Gasteiger partial charge in [0.1, 0.15) is 5.76 Å². The smallest absolute Gasteiger partial charge is 0.339 e. The number of carbonyl (C=O) groups is 1. The van der Waals surface area contributed by atoms with Gasteiger partial charge in [-0.3, -0.25) is 0 Å². The van der Waals surface area contributed by atoms with Crippen LogP contribution in [0.15, 0.2) is 67.1 Å². The van der Waals surface area contributed by atoms with Crippen LogP contribution in [-0.2, 0) is 20.4 Å². The molecule has 0 aliphatic carbocycles. The average Bonchev–Trinajstić information content (AvgIpc) is 3.22. The third-order valence-electron chi connectivity index (χ3n) is 7.48. The van der Waals surface area contributed by atoms with Crippen molar-refractivity contribution in [1.29, 1.82) is 0 Å². The number of rotatable bonds is 11. The maximum absolute atomic E-state index is 12.2. The Kier molecular flexibility index (Phi) is 8.72. The minimum Gasteiger partial charge on any atom is -0.543 e. The molecule has 36 heavy (non-hydrogen) atoms. The molecule has 0 unspecified atom stereocenters. The summed E-state index contributed by atoms with van der Waals surface area (Å²) in [5.74, 6) is 0.345. The molecule has 1 aromatic heterocycles. The number of nitrogens with one attached hydrogen (secondary N) is 1. The van der Waals surface area contributed by atoms with E-state index in [1.54, 1.807) is 0 Å². The molecule has 5 nitrogen and oxygen atoms in total. The van der Waals surface area contributed by atoms with E-state index in [9.17, 15) is 4.79 Å². The topological polar surface area (TPSA) is 54.6 Å². The van der Waals surface area contributed by atoms with Crippen molar-refractivity contribution in [2.75, 3.05) is 20.2 Å². The number of allylic oxidation sites excluding steroid dienone is 1. The highest BCUT2D eigenvalue weighted by atomic mass is 28.4. The second-order valence-corrected chi connectivity index (χ2v) is 15.9. The van der Waals surface area contributed by atoms with Crippen molar-refractivity contribution in [3.8, 4) is 0 Å². The first kappa shape index (κ1) is 27.6. The van der Waals surface area contributed by atoms with Crippen molar-refractivity contribution in [3.63, 3.8) is 0 Å². The summed E-state index contributed by atoms with van der Waals surface area (Å²) in [4.78, 5) is 17.9. The van der Waals surface area contributed by atoms with Gasteiger partial charge in [-0.05, 0) is 34.7 Å². The van der Waals surface area contributed by atoms with Crippen molar-refractivity contribution >= 4 is 30.8 Å². The van der Waals surface area contributed by atoms with Gasteiger partial charge in [0.15, 0.2) is 0 Å². The summed E-state index contributed by atoms with van der Waals surface area (Å²) < 4.78 is 11.8. The van der Waals surface area contributed by atoms with Crippen LogP contribution in [0.4, 0.5) is 0 Å². The monoisotopic (exact) mass is 506 g/mol. The molecular weight excluding hydrogens is 464 g/mol. The number of para-hydroxylation sites is 1. The Labute approximate surface area is 217 Å². The second kappa shape index (κ2) is 11.4. The lowest BCUT2D eigenvalue weighted by Gasteiger charge is -2.43. The zero-order valence-electron chi connectivity index (χ0n) is 23.0. The summed E-state index contributed by atoms with van der Waals surface area (Å²) in [5, 5.41) is 1.10. The Balaban J connectivity index is 1.82. The number of aromatic amines is 1. The standard InChI is InChI=1S/C30H42N2O3Si/c1-20(2)36(21(3)4,22(5)6)35-24(8)25-13-12-17-32(19-25)18-16-27-26-14-10-11-15-28(26)31-29(27)23(7)30(33)34-9/h10-15,19-22,31H,7-8,16-18H2,1-6,9H3. The number of hydrogen-bond donors (Lipinski definition) is 1. The molecule has 0 amide bonds. The number of esters is 1. The summed E-state index contributed by atoms with van der Waals surface area (Å²) in [6.07, 6.45) is 7.20. The zero-order chi connectivity index (χ0) is 26.6. The first-order chi connectivity index (χ1) is 17.0. The van der Waals surface area contributed by atoms with Crippen molar-refractivity contribution in [1.82, 2.24) is 9.88 Å². The zero-order valence-corrected chi connectivity index (χ0v) is 24.0. The van der Waals surface area contributed by atoms with Crippen LogP contribution in [0.25, 0.3) is 16.5 Å². The molecule has 2 heterocycles. The number of fused-ring (bicyclic) bond motifs is 1. The molecule has 0 bridgehead atoms. The molecule has 194 valence electrons. The summed E-state index contributed by atoms with van der Waals surface area (Å²) >= 11 is 0. The van der Waals surface area contributed by atoms with Gasteiger partial charge in [0, 0.05) is 35.8 Å². The van der Waals surface area contributed by atoms with Crippen molar-refractivity contribution in [2.24, 2.45) is 0 Å². The molecule has 1 aliphatic rings. The molecule has 3 rings (SSSR count). The van der Waals surface area contributed by atoms with Gasteiger partial charge in [-0.25, -0.2) is 4.79 Å². The fraction of sp³-hybridized carbons (Fsp3) is 0.433. The van der Waals surface area contributed by atoms with Gasteiger partial charge in [-0.15, -0.1) is 0 Å². The normalized spacial score (nSPS) is 14.1. The average molecular weight is 507 g/mol. The SMILES string of the molecule is C=C(O[Si](C(C)C)(C(C)C)C(C)C)C1=CN(CCc2c(C(=C)C(=O)OC)[nH]c3ccccc23)CC=C1. The van der Waals surface area contributed by atoms with Gasteiger partial charge in [-0.1, -0.05) is 85.1 Å². The fourth-order valence-corrected chi connectivity index (χ4v) is 11.0. The largest absolute Gasteiger partial charge is 0.543 e. The molecule has 0 saturated carbocycles. The van der Waals surface area contributed by atoms with E-state index in [2.05, 4.69) is 89.0 Å². The van der Waals surface area contributed by atoms with Crippen molar-refractivity contribution in [2.45, 2.75) is 64.6 Å². The van der Waals surface area contributed by atoms with Crippen LogP contribution in [0.2, 0.25) is 16.6 Å². The summed E-state index contributed by atoms with van der Waals surface area (Å²) in [5.41, 5.74) is 5.64. The van der Waals surface area contributed by atoms with Crippen LogP contribution in [0, 0.1) is 0 Å². The van der Waals surface area contributed by atoms with Crippen LogP contribution in [0.5, 0.6) is 0 Å². The molecule has 6 heteroatoms. The van der Waals surface area contributed by atoms with E-state index in [0.29, 0.717) is 22.2 Å². The van der Waals surface area contributed by atoms with Crippen LogP contribution in [-0.4, -0.2) is 44.4 Å². The molecule has 1 aromatic carbocycles. The number of methoxy groups -OCH3 is 1. The summed E-state index contributed by atoms with van der Waals surface area (Å²) in [6.45, 7) is 23.7. The first-order valence-corrected chi connectivity index (χ1v) is 15.0. The molecule has 0 fully saturated rings. The van der Waals surface area contributed by atoms with Gasteiger partial charge < -0.3 is 19.0 Å². The van der Waals surface area contributed by atoms with Gasteiger partial charge >= 0.3 is 5.97 Å². The number of ether oxygens (including phenoxy) is 1. The number of benzene rings is 1. The first-order valence-electron chi connectivity index (χ1n) is 12.9. The van der Waals surface area contributed by atoms with Gasteiger partial charge in [0.05, 0.1) is 18.4 Å². The van der Waals surface area contributed by atoms with E-state index in [0.717, 1.165) is 53.0 Å². The van der Waals surface area contributed by atoms with Crippen LogP contribution in [0.1, 0.15) is 52.8 Å². The highest BCUT2D eigenvalue weighted by Crippen LogP contribution is 2.44. The highest BCUT2D eigenvalue weighted by Gasteiger charge is 2.47. The lowest BCUT2D eigenvalue weighted by atomic mass is 10.0. The number of nitrogens with zero attached hydrogens (tertiary/aromatic N) is 1. The van der Waals surface area contributed by atoms with Crippen molar-refractivity contribution in [3.05, 3.63) is 78.4 Å². The van der Waals surface area contributed by atoms with E-state index in [-0.39, 0.29) is 0 Å². The molecule has 1 N–H and O–H groups in total. The predicted octanol–water partition coefficient (Wildman–Crippen LogP) is 7.36. The molecule has 0 atom stereocenters. The molecule has 0 saturated heterocycles. The maximum Gasteiger partial charge on any atom is 0.339 e. The number of aromatic nitrogens is 1. The van der Waals surface area contributed by atoms with E-state index in [4.69, 9.17) is 9.16 Å². The number of carbonyl (C=O) groups excluding carboxylic acids is 1. The summed E-state index contributed by atoms with van der Waals surface area (Å²) in [6, 6.07) is 8.10. The minimum absolute atomic E-state index is 0.345. The van der Waals surface area contributed by atoms with E-state index in [1.165, 1.54) is 7.11 Å². The Bertz CT molecular complexity index is 1160. The summed E-state index contributed by atoms with van der Waals surface area (Å²) in [7, 11) is -0.693. The third kappa shape index (κ3) is 5.38. The number of H-pyrrole nitrogens is 1. The van der Waals surface area contributed by atoms with Gasteiger partial charge in [0.25, 0.3) is 8.32 Å². The Morgan fingerprint density at radius 3 is 2.33 bits per heavy atom. The quantitative estimate of drug-likeness (QED) is 0.150. The molecule has 2 aromatic rings. The van der Waals surface area contributed by atoms with Crippen LogP contribution in [0.3, 0.4) is 0 Å². The Hall–Kier alpha value is -2.99. The Morgan fingerprint density at radius 1 is 1.08 bits per heavy atom. The fourth-order valence-electron chi connectivity index (χ4n) is 5.75. The maximum atomic E-state index is 12.2. The molecule has 0 spiro atoms. The number of hydrogen-bond acceptors (Lipinski definition) is 4. The van der Waals surface area contributed by atoms with E-state index in [1.807, 2.05) is 18.2 Å². The molecule has 0 radical (unpaired) electrons. The van der Waals surface area contributed by atoms with Gasteiger partial charge in [-0.2, -0.15) is 0 Å².